The minimum Gasteiger partial charge on any atom is -0.348 e. The number of nitrogens with one attached hydrogen (secondary N) is 2. The van der Waals surface area contributed by atoms with Crippen LogP contribution in [0.5, 0.6) is 0 Å². The van der Waals surface area contributed by atoms with Crippen LogP contribution < -0.4 is 10.6 Å². The van der Waals surface area contributed by atoms with Gasteiger partial charge in [-0.1, -0.05) is 24.3 Å². The lowest BCUT2D eigenvalue weighted by molar-refractivity contribution is 0.0949. The van der Waals surface area contributed by atoms with Crippen LogP contribution in [0.25, 0.3) is 0 Å². The van der Waals surface area contributed by atoms with E-state index in [0.717, 1.165) is 23.3 Å². The highest BCUT2D eigenvalue weighted by atomic mass is 19.2. The van der Waals surface area contributed by atoms with Gasteiger partial charge in [0, 0.05) is 17.7 Å². The molecule has 0 aromatic heterocycles. The van der Waals surface area contributed by atoms with Crippen molar-refractivity contribution in [3.8, 4) is 0 Å². The molecule has 0 fully saturated rings. The molecule has 0 bridgehead atoms. The number of hydrogen-bond donors (Lipinski definition) is 2. The molecular weight excluding hydrogens is 381 g/mol. The maximum absolute atomic E-state index is 13.7. The van der Waals surface area contributed by atoms with Crippen molar-refractivity contribution < 1.29 is 22.8 Å². The number of rotatable bonds is 5. The van der Waals surface area contributed by atoms with Crippen molar-refractivity contribution in [1.82, 2.24) is 5.32 Å². The monoisotopic (exact) mass is 398 g/mol. The molecule has 0 aliphatic heterocycles. The molecule has 3 aromatic rings. The minimum absolute atomic E-state index is 0.129. The van der Waals surface area contributed by atoms with Crippen LogP contribution in [0, 0.1) is 24.4 Å². The van der Waals surface area contributed by atoms with Crippen LogP contribution in [-0.2, 0) is 6.54 Å². The fourth-order valence-electron chi connectivity index (χ4n) is 2.68. The second kappa shape index (κ2) is 8.60. The average Bonchev–Trinajstić information content (AvgIpc) is 2.73. The zero-order valence-corrected chi connectivity index (χ0v) is 15.4. The Morgan fingerprint density at radius 2 is 1.41 bits per heavy atom. The zero-order valence-electron chi connectivity index (χ0n) is 15.4. The molecule has 3 aromatic carbocycles. The van der Waals surface area contributed by atoms with E-state index in [-0.39, 0.29) is 11.5 Å². The maximum Gasteiger partial charge on any atom is 0.255 e. The molecule has 0 spiro atoms. The third kappa shape index (κ3) is 4.63. The summed E-state index contributed by atoms with van der Waals surface area (Å²) >= 11 is 0. The standard InChI is InChI=1S/C22H17F3N2O2/c1-13-4-2-3-5-16(13)12-26-21(28)14-6-8-15(9-7-14)22(29)27-18-11-10-17(23)19(24)20(18)25/h2-11H,12H2,1H3,(H,26,28)(H,27,29). The molecule has 0 aliphatic rings. The van der Waals surface area contributed by atoms with Crippen molar-refractivity contribution in [2.75, 3.05) is 5.32 Å². The number of halogens is 3. The molecule has 148 valence electrons. The van der Waals surface area contributed by atoms with Crippen molar-refractivity contribution in [1.29, 1.82) is 0 Å². The number of anilines is 1. The summed E-state index contributed by atoms with van der Waals surface area (Å²) in [6, 6.07) is 15.0. The lowest BCUT2D eigenvalue weighted by Gasteiger charge is -2.09. The number of aryl methyl sites for hydroxylation is 1. The molecule has 4 nitrogen and oxygen atoms in total. The largest absolute Gasteiger partial charge is 0.348 e. The number of carbonyl (C=O) groups excluding carboxylic acids is 2. The van der Waals surface area contributed by atoms with Gasteiger partial charge in [0.1, 0.15) is 0 Å². The quantitative estimate of drug-likeness (QED) is 0.618. The van der Waals surface area contributed by atoms with Crippen molar-refractivity contribution in [3.63, 3.8) is 0 Å². The lowest BCUT2D eigenvalue weighted by Crippen LogP contribution is -2.23. The first-order chi connectivity index (χ1) is 13.9. The summed E-state index contributed by atoms with van der Waals surface area (Å²) < 4.78 is 39.9. The first kappa shape index (κ1) is 20.1. The summed E-state index contributed by atoms with van der Waals surface area (Å²) in [5.41, 5.74) is 2.04. The number of amides is 2. The van der Waals surface area contributed by atoms with Crippen LogP contribution in [0.15, 0.2) is 60.7 Å². The second-order valence-electron chi connectivity index (χ2n) is 6.36. The van der Waals surface area contributed by atoms with E-state index in [1.807, 2.05) is 31.2 Å². The summed E-state index contributed by atoms with van der Waals surface area (Å²) in [7, 11) is 0. The summed E-state index contributed by atoms with van der Waals surface area (Å²) in [6.07, 6.45) is 0. The van der Waals surface area contributed by atoms with Gasteiger partial charge in [-0.2, -0.15) is 0 Å². The Bertz CT molecular complexity index is 1070. The Morgan fingerprint density at radius 3 is 2.07 bits per heavy atom. The molecule has 0 atom stereocenters. The molecule has 0 unspecified atom stereocenters. The number of carbonyl (C=O) groups is 2. The molecule has 29 heavy (non-hydrogen) atoms. The average molecular weight is 398 g/mol. The van der Waals surface area contributed by atoms with Gasteiger partial charge in [0.25, 0.3) is 11.8 Å². The van der Waals surface area contributed by atoms with Gasteiger partial charge in [0.05, 0.1) is 5.69 Å². The van der Waals surface area contributed by atoms with Gasteiger partial charge in [-0.15, -0.1) is 0 Å². The first-order valence-electron chi connectivity index (χ1n) is 8.74. The van der Waals surface area contributed by atoms with Gasteiger partial charge in [0.15, 0.2) is 17.5 Å². The van der Waals surface area contributed by atoms with E-state index < -0.39 is 29.0 Å². The van der Waals surface area contributed by atoms with Crippen LogP contribution in [0.1, 0.15) is 31.8 Å². The molecule has 0 saturated carbocycles. The zero-order chi connectivity index (χ0) is 21.0. The Labute approximate surface area is 165 Å². The fraction of sp³-hybridized carbons (Fsp3) is 0.0909. The molecular formula is C22H17F3N2O2. The van der Waals surface area contributed by atoms with E-state index in [1.54, 1.807) is 0 Å². The minimum atomic E-state index is -1.66. The Balaban J connectivity index is 1.65. The van der Waals surface area contributed by atoms with Crippen LogP contribution >= 0.6 is 0 Å². The second-order valence-corrected chi connectivity index (χ2v) is 6.36. The van der Waals surface area contributed by atoms with E-state index in [0.29, 0.717) is 12.1 Å². The van der Waals surface area contributed by atoms with Crippen LogP contribution in [0.4, 0.5) is 18.9 Å². The van der Waals surface area contributed by atoms with Gasteiger partial charge in [-0.25, -0.2) is 13.2 Å². The molecule has 0 heterocycles. The third-order valence-electron chi connectivity index (χ3n) is 4.39. The Morgan fingerprint density at radius 1 is 0.793 bits per heavy atom. The van der Waals surface area contributed by atoms with Gasteiger partial charge >= 0.3 is 0 Å². The van der Waals surface area contributed by atoms with Gasteiger partial charge in [-0.05, 0) is 54.4 Å². The fourth-order valence-corrected chi connectivity index (χ4v) is 2.68. The van der Waals surface area contributed by atoms with Crippen LogP contribution in [0.3, 0.4) is 0 Å². The highest BCUT2D eigenvalue weighted by molar-refractivity contribution is 6.05. The van der Waals surface area contributed by atoms with E-state index in [2.05, 4.69) is 10.6 Å². The molecule has 2 amide bonds. The number of hydrogen-bond acceptors (Lipinski definition) is 2. The van der Waals surface area contributed by atoms with Gasteiger partial charge < -0.3 is 10.6 Å². The molecule has 0 saturated heterocycles. The van der Waals surface area contributed by atoms with Crippen molar-refractivity contribution in [3.05, 3.63) is 100 Å². The van der Waals surface area contributed by atoms with Crippen molar-refractivity contribution in [2.45, 2.75) is 13.5 Å². The smallest absolute Gasteiger partial charge is 0.255 e. The topological polar surface area (TPSA) is 58.2 Å². The van der Waals surface area contributed by atoms with Crippen LogP contribution in [0.2, 0.25) is 0 Å². The molecule has 2 N–H and O–H groups in total. The summed E-state index contributed by atoms with van der Waals surface area (Å²) in [6.45, 7) is 2.31. The summed E-state index contributed by atoms with van der Waals surface area (Å²) in [4.78, 5) is 24.5. The Kier molecular flexibility index (Phi) is 5.97. The van der Waals surface area contributed by atoms with Gasteiger partial charge in [0.2, 0.25) is 0 Å². The van der Waals surface area contributed by atoms with Gasteiger partial charge in [-0.3, -0.25) is 9.59 Å². The predicted molar refractivity (Wildman–Crippen MR) is 103 cm³/mol. The van der Waals surface area contributed by atoms with Crippen molar-refractivity contribution >= 4 is 17.5 Å². The van der Waals surface area contributed by atoms with Crippen molar-refractivity contribution in [2.24, 2.45) is 0 Å². The number of benzene rings is 3. The third-order valence-corrected chi connectivity index (χ3v) is 4.39. The normalized spacial score (nSPS) is 10.5. The maximum atomic E-state index is 13.7. The van der Waals surface area contributed by atoms with E-state index >= 15 is 0 Å². The van der Waals surface area contributed by atoms with E-state index in [9.17, 15) is 22.8 Å². The van der Waals surface area contributed by atoms with E-state index in [4.69, 9.17) is 0 Å². The lowest BCUT2D eigenvalue weighted by atomic mass is 10.1. The summed E-state index contributed by atoms with van der Waals surface area (Å²) in [5, 5.41) is 4.97. The summed E-state index contributed by atoms with van der Waals surface area (Å²) in [5.74, 6) is -5.52. The predicted octanol–water partition coefficient (Wildman–Crippen LogP) is 4.59. The van der Waals surface area contributed by atoms with E-state index in [1.165, 1.54) is 24.3 Å². The Hall–Kier alpha value is -3.61. The SMILES string of the molecule is Cc1ccccc1CNC(=O)c1ccc(C(=O)Nc2ccc(F)c(F)c2F)cc1. The molecule has 0 aliphatic carbocycles. The van der Waals surface area contributed by atoms with Crippen LogP contribution in [-0.4, -0.2) is 11.8 Å². The molecule has 3 rings (SSSR count). The molecule has 0 radical (unpaired) electrons. The highest BCUT2D eigenvalue weighted by Gasteiger charge is 2.16. The molecule has 7 heteroatoms. The first-order valence-corrected chi connectivity index (χ1v) is 8.74. The highest BCUT2D eigenvalue weighted by Crippen LogP contribution is 2.20.